The third-order valence-electron chi connectivity index (χ3n) is 1.97. The normalized spacial score (nSPS) is 15.4. The van der Waals surface area contributed by atoms with E-state index < -0.39 is 0 Å². The van der Waals surface area contributed by atoms with Crippen LogP contribution < -0.4 is 5.32 Å². The molecule has 0 fully saturated rings. The molecule has 0 bridgehead atoms. The van der Waals surface area contributed by atoms with Crippen molar-refractivity contribution in [1.82, 2.24) is 5.32 Å². The maximum Gasteiger partial charge on any atom is 0.0701 e. The van der Waals surface area contributed by atoms with E-state index in [9.17, 15) is 0 Å². The summed E-state index contributed by atoms with van der Waals surface area (Å²) >= 11 is 5.23. The zero-order valence-corrected chi connectivity index (χ0v) is 11.1. The summed E-state index contributed by atoms with van der Waals surface area (Å²) in [6, 6.07) is 5.00. The van der Waals surface area contributed by atoms with Crippen LogP contribution in [0.25, 0.3) is 0 Å². The summed E-state index contributed by atoms with van der Waals surface area (Å²) in [5.41, 5.74) is 0. The number of methoxy groups -OCH3 is 1. The topological polar surface area (TPSA) is 21.3 Å². The SMILES string of the molecule is COCC(C)NC(C)c1ccc(Br)s1. The van der Waals surface area contributed by atoms with Gasteiger partial charge >= 0.3 is 0 Å². The zero-order chi connectivity index (χ0) is 10.6. The Kier molecular flexibility index (Phi) is 5.09. The minimum absolute atomic E-state index is 0.385. The van der Waals surface area contributed by atoms with Crippen LogP contribution in [0.15, 0.2) is 15.9 Å². The Hall–Kier alpha value is 0.1000. The number of rotatable bonds is 5. The van der Waals surface area contributed by atoms with Crippen molar-refractivity contribution in [2.24, 2.45) is 0 Å². The van der Waals surface area contributed by atoms with Gasteiger partial charge in [-0.1, -0.05) is 0 Å². The first-order valence-electron chi connectivity index (χ1n) is 4.63. The van der Waals surface area contributed by atoms with Crippen LogP contribution in [0.3, 0.4) is 0 Å². The van der Waals surface area contributed by atoms with E-state index in [1.54, 1.807) is 18.4 Å². The second-order valence-corrected chi connectivity index (χ2v) is 5.88. The molecule has 1 aromatic heterocycles. The van der Waals surface area contributed by atoms with Gasteiger partial charge in [-0.2, -0.15) is 0 Å². The van der Waals surface area contributed by atoms with E-state index in [0.717, 1.165) is 6.61 Å². The highest BCUT2D eigenvalue weighted by Gasteiger charge is 2.10. The predicted molar refractivity (Wildman–Crippen MR) is 64.9 cm³/mol. The van der Waals surface area contributed by atoms with Crippen molar-refractivity contribution in [2.45, 2.75) is 25.9 Å². The van der Waals surface area contributed by atoms with Crippen molar-refractivity contribution in [1.29, 1.82) is 0 Å². The number of halogens is 1. The van der Waals surface area contributed by atoms with Gasteiger partial charge in [0.2, 0.25) is 0 Å². The second-order valence-electron chi connectivity index (χ2n) is 3.39. The van der Waals surface area contributed by atoms with Crippen LogP contribution in [-0.2, 0) is 4.74 Å². The van der Waals surface area contributed by atoms with Gasteiger partial charge in [0.25, 0.3) is 0 Å². The first-order valence-corrected chi connectivity index (χ1v) is 6.24. The summed E-state index contributed by atoms with van der Waals surface area (Å²) in [5.74, 6) is 0. The van der Waals surface area contributed by atoms with E-state index in [4.69, 9.17) is 4.74 Å². The molecule has 0 amide bonds. The summed E-state index contributed by atoms with van der Waals surface area (Å²) in [7, 11) is 1.73. The number of hydrogen-bond acceptors (Lipinski definition) is 3. The van der Waals surface area contributed by atoms with E-state index in [1.165, 1.54) is 8.66 Å². The maximum absolute atomic E-state index is 5.08. The van der Waals surface area contributed by atoms with Gasteiger partial charge in [-0.3, -0.25) is 0 Å². The van der Waals surface area contributed by atoms with Crippen molar-refractivity contribution in [3.05, 3.63) is 20.8 Å². The van der Waals surface area contributed by atoms with Gasteiger partial charge in [0.1, 0.15) is 0 Å². The van der Waals surface area contributed by atoms with E-state index in [-0.39, 0.29) is 0 Å². The Bertz CT molecular complexity index is 277. The van der Waals surface area contributed by atoms with E-state index in [0.29, 0.717) is 12.1 Å². The van der Waals surface area contributed by atoms with Gasteiger partial charge in [0.05, 0.1) is 10.4 Å². The van der Waals surface area contributed by atoms with Gasteiger partial charge in [-0.05, 0) is 41.9 Å². The number of hydrogen-bond donors (Lipinski definition) is 1. The minimum atomic E-state index is 0.385. The molecule has 2 nitrogen and oxygen atoms in total. The van der Waals surface area contributed by atoms with Gasteiger partial charge in [0.15, 0.2) is 0 Å². The number of nitrogens with one attached hydrogen (secondary N) is 1. The lowest BCUT2D eigenvalue weighted by atomic mass is 10.2. The molecule has 1 aromatic rings. The van der Waals surface area contributed by atoms with Crippen LogP contribution in [0.2, 0.25) is 0 Å². The molecule has 0 radical (unpaired) electrons. The highest BCUT2D eigenvalue weighted by molar-refractivity contribution is 9.11. The van der Waals surface area contributed by atoms with Crippen molar-refractivity contribution in [3.8, 4) is 0 Å². The number of thiophene rings is 1. The Labute approximate surface area is 97.8 Å². The quantitative estimate of drug-likeness (QED) is 0.893. The summed E-state index contributed by atoms with van der Waals surface area (Å²) < 4.78 is 6.26. The molecular weight excluding hydrogens is 262 g/mol. The lowest BCUT2D eigenvalue weighted by Crippen LogP contribution is -2.32. The minimum Gasteiger partial charge on any atom is -0.383 e. The summed E-state index contributed by atoms with van der Waals surface area (Å²) in [4.78, 5) is 1.35. The van der Waals surface area contributed by atoms with Crippen LogP contribution in [0.5, 0.6) is 0 Å². The molecule has 0 aliphatic carbocycles. The third kappa shape index (κ3) is 3.69. The molecule has 2 unspecified atom stereocenters. The van der Waals surface area contributed by atoms with E-state index in [2.05, 4.69) is 47.2 Å². The van der Waals surface area contributed by atoms with Gasteiger partial charge in [-0.15, -0.1) is 11.3 Å². The van der Waals surface area contributed by atoms with Crippen molar-refractivity contribution in [3.63, 3.8) is 0 Å². The van der Waals surface area contributed by atoms with Crippen molar-refractivity contribution < 1.29 is 4.74 Å². The Morgan fingerprint density at radius 2 is 2.21 bits per heavy atom. The molecule has 1 rings (SSSR count). The number of ether oxygens (including phenoxy) is 1. The summed E-state index contributed by atoms with van der Waals surface area (Å²) in [6.07, 6.45) is 0. The molecule has 0 aromatic carbocycles. The molecule has 14 heavy (non-hydrogen) atoms. The van der Waals surface area contributed by atoms with E-state index >= 15 is 0 Å². The smallest absolute Gasteiger partial charge is 0.0701 e. The summed E-state index contributed by atoms with van der Waals surface area (Å²) in [5, 5.41) is 3.47. The fourth-order valence-corrected chi connectivity index (χ4v) is 2.80. The van der Waals surface area contributed by atoms with Crippen LogP contribution >= 0.6 is 27.3 Å². The lowest BCUT2D eigenvalue weighted by molar-refractivity contribution is 0.168. The zero-order valence-electron chi connectivity index (χ0n) is 8.71. The monoisotopic (exact) mass is 277 g/mol. The van der Waals surface area contributed by atoms with Crippen LogP contribution in [0, 0.1) is 0 Å². The average molecular weight is 278 g/mol. The standard InChI is InChI=1S/C10H16BrNOS/c1-7(6-13-3)12-8(2)9-4-5-10(11)14-9/h4-5,7-8,12H,6H2,1-3H3. The average Bonchev–Trinajstić information content (AvgIpc) is 2.52. The molecule has 0 saturated heterocycles. The summed E-state index contributed by atoms with van der Waals surface area (Å²) in [6.45, 7) is 5.05. The Balaban J connectivity index is 2.45. The van der Waals surface area contributed by atoms with Gasteiger partial charge < -0.3 is 10.1 Å². The molecule has 4 heteroatoms. The van der Waals surface area contributed by atoms with Crippen molar-refractivity contribution in [2.75, 3.05) is 13.7 Å². The second kappa shape index (κ2) is 5.85. The predicted octanol–water partition coefficient (Wildman–Crippen LogP) is 3.20. The Morgan fingerprint density at radius 3 is 2.71 bits per heavy atom. The molecular formula is C10H16BrNOS. The first kappa shape index (κ1) is 12.2. The van der Waals surface area contributed by atoms with Crippen molar-refractivity contribution >= 4 is 27.3 Å². The highest BCUT2D eigenvalue weighted by atomic mass is 79.9. The Morgan fingerprint density at radius 1 is 1.50 bits per heavy atom. The third-order valence-corrected chi connectivity index (χ3v) is 3.78. The molecule has 0 spiro atoms. The first-order chi connectivity index (χ1) is 6.63. The molecule has 0 aliphatic heterocycles. The molecule has 0 saturated carbocycles. The molecule has 0 aliphatic rings. The van der Waals surface area contributed by atoms with Crippen LogP contribution in [0.1, 0.15) is 24.8 Å². The highest BCUT2D eigenvalue weighted by Crippen LogP contribution is 2.27. The largest absolute Gasteiger partial charge is 0.383 e. The molecule has 2 atom stereocenters. The maximum atomic E-state index is 5.08. The van der Waals surface area contributed by atoms with Crippen LogP contribution in [-0.4, -0.2) is 19.8 Å². The lowest BCUT2D eigenvalue weighted by Gasteiger charge is -2.18. The fraction of sp³-hybridized carbons (Fsp3) is 0.600. The van der Waals surface area contributed by atoms with Gasteiger partial charge in [0, 0.05) is 24.1 Å². The molecule has 80 valence electrons. The van der Waals surface area contributed by atoms with E-state index in [1.807, 2.05) is 0 Å². The van der Waals surface area contributed by atoms with Gasteiger partial charge in [-0.25, -0.2) is 0 Å². The van der Waals surface area contributed by atoms with Crippen LogP contribution in [0.4, 0.5) is 0 Å². The molecule has 1 heterocycles. The fourth-order valence-electron chi connectivity index (χ4n) is 1.37. The molecule has 1 N–H and O–H groups in total.